The third kappa shape index (κ3) is 1.99. The fraction of sp³-hybridized carbons (Fsp3) is 1.00. The Hall–Kier alpha value is -0.0800. The molecule has 0 saturated carbocycles. The maximum atomic E-state index is 3.37. The summed E-state index contributed by atoms with van der Waals surface area (Å²) in [6.07, 6.45) is 2.83. The fourth-order valence-corrected chi connectivity index (χ4v) is 1.92. The van der Waals surface area contributed by atoms with Crippen molar-refractivity contribution in [3.8, 4) is 0 Å². The maximum absolute atomic E-state index is 3.37. The molecular formula is C10H22N2. The molecule has 2 nitrogen and oxygen atoms in total. The van der Waals surface area contributed by atoms with Crippen LogP contribution >= 0.6 is 0 Å². The molecular weight excluding hydrogens is 148 g/mol. The second kappa shape index (κ2) is 4.24. The summed E-state index contributed by atoms with van der Waals surface area (Å²) in [4.78, 5) is 2.43. The Morgan fingerprint density at radius 2 is 1.58 bits per heavy atom. The van der Waals surface area contributed by atoms with Crippen LogP contribution in [-0.2, 0) is 0 Å². The maximum Gasteiger partial charge on any atom is 0.00212 e. The summed E-state index contributed by atoms with van der Waals surface area (Å²) in [6.45, 7) is 9.17. The van der Waals surface area contributed by atoms with Gasteiger partial charge in [-0.1, -0.05) is 13.8 Å². The standard InChI is InChI=1S/C8H16N2.C2H6/c1-10-4-2-8(3-5-10)6-9-7-8;1-2/h9H,2-7H2,1H3;1-2H3. The first-order chi connectivity index (χ1) is 5.81. The molecule has 0 aliphatic carbocycles. The van der Waals surface area contributed by atoms with E-state index in [4.69, 9.17) is 0 Å². The van der Waals surface area contributed by atoms with Gasteiger partial charge in [-0.25, -0.2) is 0 Å². The highest BCUT2D eigenvalue weighted by molar-refractivity contribution is 4.95. The Kier molecular flexibility index (Phi) is 3.53. The summed E-state index contributed by atoms with van der Waals surface area (Å²) in [5.74, 6) is 0. The monoisotopic (exact) mass is 170 g/mol. The number of hydrogen-bond acceptors (Lipinski definition) is 2. The average molecular weight is 170 g/mol. The number of likely N-dealkylation sites (tertiary alicyclic amines) is 1. The summed E-state index contributed by atoms with van der Waals surface area (Å²) in [5, 5.41) is 3.37. The van der Waals surface area contributed by atoms with Crippen LogP contribution in [0.3, 0.4) is 0 Å². The van der Waals surface area contributed by atoms with Crippen molar-refractivity contribution in [2.45, 2.75) is 26.7 Å². The van der Waals surface area contributed by atoms with E-state index in [1.165, 1.54) is 39.0 Å². The van der Waals surface area contributed by atoms with Crippen molar-refractivity contribution in [1.82, 2.24) is 10.2 Å². The molecule has 2 fully saturated rings. The van der Waals surface area contributed by atoms with E-state index >= 15 is 0 Å². The lowest BCUT2D eigenvalue weighted by atomic mass is 9.74. The molecule has 72 valence electrons. The Morgan fingerprint density at radius 1 is 1.08 bits per heavy atom. The number of nitrogens with zero attached hydrogens (tertiary/aromatic N) is 1. The van der Waals surface area contributed by atoms with Gasteiger partial charge in [0.2, 0.25) is 0 Å². The van der Waals surface area contributed by atoms with Crippen molar-refractivity contribution in [1.29, 1.82) is 0 Å². The average Bonchev–Trinajstić information content (AvgIpc) is 2.07. The Balaban J connectivity index is 0.000000336. The fourth-order valence-electron chi connectivity index (χ4n) is 1.92. The van der Waals surface area contributed by atoms with Crippen molar-refractivity contribution in [3.05, 3.63) is 0 Å². The van der Waals surface area contributed by atoms with E-state index in [9.17, 15) is 0 Å². The van der Waals surface area contributed by atoms with Gasteiger partial charge < -0.3 is 10.2 Å². The van der Waals surface area contributed by atoms with Crippen LogP contribution in [0.5, 0.6) is 0 Å². The van der Waals surface area contributed by atoms with Gasteiger partial charge in [0.15, 0.2) is 0 Å². The van der Waals surface area contributed by atoms with Crippen LogP contribution in [0.25, 0.3) is 0 Å². The predicted molar refractivity (Wildman–Crippen MR) is 53.4 cm³/mol. The van der Waals surface area contributed by atoms with E-state index in [0.717, 1.165) is 5.41 Å². The van der Waals surface area contributed by atoms with Gasteiger partial charge in [-0.3, -0.25) is 0 Å². The Bertz CT molecular complexity index is 120. The highest BCUT2D eigenvalue weighted by Crippen LogP contribution is 2.34. The molecule has 1 N–H and O–H groups in total. The van der Waals surface area contributed by atoms with E-state index in [2.05, 4.69) is 17.3 Å². The zero-order valence-electron chi connectivity index (χ0n) is 8.69. The van der Waals surface area contributed by atoms with Crippen LogP contribution in [0.2, 0.25) is 0 Å². The molecule has 0 amide bonds. The minimum Gasteiger partial charge on any atom is -0.316 e. The topological polar surface area (TPSA) is 15.3 Å². The molecule has 2 heteroatoms. The molecule has 0 aromatic heterocycles. The highest BCUT2D eigenvalue weighted by atomic mass is 15.1. The first kappa shape index (κ1) is 10.0. The lowest BCUT2D eigenvalue weighted by Gasteiger charge is -2.47. The molecule has 0 bridgehead atoms. The van der Waals surface area contributed by atoms with Crippen LogP contribution in [-0.4, -0.2) is 38.1 Å². The molecule has 2 aliphatic rings. The van der Waals surface area contributed by atoms with Gasteiger partial charge in [0.1, 0.15) is 0 Å². The molecule has 0 aromatic rings. The summed E-state index contributed by atoms with van der Waals surface area (Å²) >= 11 is 0. The normalized spacial score (nSPS) is 27.2. The molecule has 2 saturated heterocycles. The molecule has 2 aliphatic heterocycles. The second-order valence-electron chi connectivity index (χ2n) is 3.91. The summed E-state index contributed by atoms with van der Waals surface area (Å²) in [6, 6.07) is 0. The van der Waals surface area contributed by atoms with Crippen molar-refractivity contribution >= 4 is 0 Å². The second-order valence-corrected chi connectivity index (χ2v) is 3.91. The van der Waals surface area contributed by atoms with E-state index < -0.39 is 0 Å². The van der Waals surface area contributed by atoms with Crippen molar-refractivity contribution in [3.63, 3.8) is 0 Å². The van der Waals surface area contributed by atoms with Gasteiger partial charge in [0, 0.05) is 13.1 Å². The molecule has 0 unspecified atom stereocenters. The number of piperidine rings is 1. The molecule has 2 heterocycles. The lowest BCUT2D eigenvalue weighted by Crippen LogP contribution is -2.57. The van der Waals surface area contributed by atoms with E-state index in [1.54, 1.807) is 0 Å². The van der Waals surface area contributed by atoms with E-state index in [-0.39, 0.29) is 0 Å². The van der Waals surface area contributed by atoms with E-state index in [0.29, 0.717) is 0 Å². The van der Waals surface area contributed by atoms with Gasteiger partial charge >= 0.3 is 0 Å². The zero-order chi connectivity index (χ0) is 9.03. The molecule has 0 atom stereocenters. The van der Waals surface area contributed by atoms with Gasteiger partial charge in [-0.2, -0.15) is 0 Å². The largest absolute Gasteiger partial charge is 0.316 e. The highest BCUT2D eigenvalue weighted by Gasteiger charge is 2.38. The quantitative estimate of drug-likeness (QED) is 0.590. The van der Waals surface area contributed by atoms with Crippen molar-refractivity contribution < 1.29 is 0 Å². The third-order valence-corrected chi connectivity index (χ3v) is 3.05. The molecule has 0 radical (unpaired) electrons. The van der Waals surface area contributed by atoms with Gasteiger partial charge in [0.25, 0.3) is 0 Å². The molecule has 0 aromatic carbocycles. The van der Waals surface area contributed by atoms with Gasteiger partial charge in [0.05, 0.1) is 0 Å². The van der Waals surface area contributed by atoms with Gasteiger partial charge in [-0.05, 0) is 38.4 Å². The first-order valence-corrected chi connectivity index (χ1v) is 5.20. The van der Waals surface area contributed by atoms with Gasteiger partial charge in [-0.15, -0.1) is 0 Å². The van der Waals surface area contributed by atoms with Crippen LogP contribution < -0.4 is 5.32 Å². The van der Waals surface area contributed by atoms with Crippen LogP contribution in [0.4, 0.5) is 0 Å². The summed E-state index contributed by atoms with van der Waals surface area (Å²) in [7, 11) is 2.22. The minimum atomic E-state index is 0.729. The zero-order valence-corrected chi connectivity index (χ0v) is 8.69. The third-order valence-electron chi connectivity index (χ3n) is 3.05. The van der Waals surface area contributed by atoms with Crippen LogP contribution in [0, 0.1) is 5.41 Å². The Labute approximate surface area is 76.3 Å². The molecule has 2 rings (SSSR count). The van der Waals surface area contributed by atoms with Crippen molar-refractivity contribution in [2.75, 3.05) is 33.2 Å². The number of rotatable bonds is 0. The van der Waals surface area contributed by atoms with Crippen LogP contribution in [0.1, 0.15) is 26.7 Å². The number of nitrogens with one attached hydrogen (secondary N) is 1. The smallest absolute Gasteiger partial charge is 0.00212 e. The predicted octanol–water partition coefficient (Wildman–Crippen LogP) is 1.33. The SMILES string of the molecule is CC.CN1CCC2(CC1)CNC2. The van der Waals surface area contributed by atoms with Crippen LogP contribution in [0.15, 0.2) is 0 Å². The van der Waals surface area contributed by atoms with Crippen molar-refractivity contribution in [2.24, 2.45) is 5.41 Å². The minimum absolute atomic E-state index is 0.729. The Morgan fingerprint density at radius 3 is 1.92 bits per heavy atom. The molecule has 12 heavy (non-hydrogen) atoms. The number of hydrogen-bond donors (Lipinski definition) is 1. The summed E-state index contributed by atoms with van der Waals surface area (Å²) < 4.78 is 0. The lowest BCUT2D eigenvalue weighted by molar-refractivity contribution is 0.0671. The first-order valence-electron chi connectivity index (χ1n) is 5.20. The molecule has 1 spiro atoms. The summed E-state index contributed by atoms with van der Waals surface area (Å²) in [5.41, 5.74) is 0.729. The van der Waals surface area contributed by atoms with E-state index in [1.807, 2.05) is 13.8 Å².